The molecule has 2 N–H and O–H groups in total. The lowest BCUT2D eigenvalue weighted by atomic mass is 10.1. The van der Waals surface area contributed by atoms with Gasteiger partial charge in [-0.3, -0.25) is 4.79 Å². The molecule has 166 valence electrons. The quantitative estimate of drug-likeness (QED) is 0.412. The van der Waals surface area contributed by atoms with Crippen molar-refractivity contribution in [3.63, 3.8) is 0 Å². The Morgan fingerprint density at radius 2 is 1.64 bits per heavy atom. The van der Waals surface area contributed by atoms with Crippen LogP contribution in [0.5, 0.6) is 5.75 Å². The van der Waals surface area contributed by atoms with Crippen LogP contribution in [0.1, 0.15) is 29.3 Å². The number of ether oxygens (including phenoxy) is 1. The lowest BCUT2D eigenvalue weighted by molar-refractivity contribution is -0.116. The van der Waals surface area contributed by atoms with Gasteiger partial charge in [0.2, 0.25) is 5.91 Å². The minimum Gasteiger partial charge on any atom is -0.497 e. The summed E-state index contributed by atoms with van der Waals surface area (Å²) in [6.45, 7) is 0. The molecule has 1 atom stereocenters. The number of carbonyl (C=O) groups is 1. The van der Waals surface area contributed by atoms with Gasteiger partial charge in [0, 0.05) is 12.0 Å². The van der Waals surface area contributed by atoms with Gasteiger partial charge >= 0.3 is 0 Å². The third-order valence-corrected chi connectivity index (χ3v) is 5.30. The van der Waals surface area contributed by atoms with Crippen molar-refractivity contribution < 1.29 is 14.6 Å². The maximum atomic E-state index is 12.6. The number of benzene rings is 3. The highest BCUT2D eigenvalue weighted by Crippen LogP contribution is 2.29. The first-order chi connectivity index (χ1) is 16.1. The predicted octanol–water partition coefficient (Wildman–Crippen LogP) is 4.81. The van der Waals surface area contributed by atoms with Crippen LogP contribution >= 0.6 is 0 Å². The molecule has 1 amide bonds. The van der Waals surface area contributed by atoms with Gasteiger partial charge in [0.05, 0.1) is 19.0 Å². The summed E-state index contributed by atoms with van der Waals surface area (Å²) in [5.41, 5.74) is 3.45. The first kappa shape index (κ1) is 22.2. The zero-order valence-electron chi connectivity index (χ0n) is 18.3. The Morgan fingerprint density at radius 1 is 0.970 bits per heavy atom. The van der Waals surface area contributed by atoms with Crippen LogP contribution < -0.4 is 10.1 Å². The van der Waals surface area contributed by atoms with E-state index in [4.69, 9.17) is 4.74 Å². The Labute approximate surface area is 192 Å². The topological polar surface area (TPSA) is 84.3 Å². The molecule has 0 bridgehead atoms. The second-order valence-electron chi connectivity index (χ2n) is 7.56. The number of aryl methyl sites for hydroxylation is 1. The number of carbonyl (C=O) groups excluding carboxylic acids is 1. The van der Waals surface area contributed by atoms with Gasteiger partial charge in [0.25, 0.3) is 0 Å². The van der Waals surface area contributed by atoms with Crippen molar-refractivity contribution in [2.24, 2.45) is 0 Å². The second kappa shape index (κ2) is 10.5. The van der Waals surface area contributed by atoms with Gasteiger partial charge in [-0.25, -0.2) is 9.97 Å². The normalized spacial score (nSPS) is 11.6. The molecule has 3 aromatic carbocycles. The Balaban J connectivity index is 1.61. The lowest BCUT2D eigenvalue weighted by Crippen LogP contribution is -2.17. The van der Waals surface area contributed by atoms with Crippen molar-refractivity contribution in [1.82, 2.24) is 9.97 Å². The molecule has 6 heteroatoms. The highest BCUT2D eigenvalue weighted by Gasteiger charge is 2.20. The van der Waals surface area contributed by atoms with Gasteiger partial charge in [-0.2, -0.15) is 0 Å². The van der Waals surface area contributed by atoms with Crippen molar-refractivity contribution in [2.75, 3.05) is 12.4 Å². The smallest absolute Gasteiger partial charge is 0.225 e. The largest absolute Gasteiger partial charge is 0.497 e. The fourth-order valence-corrected chi connectivity index (χ4v) is 3.48. The summed E-state index contributed by atoms with van der Waals surface area (Å²) in [7, 11) is 1.61. The molecule has 1 unspecified atom stereocenters. The number of amides is 1. The van der Waals surface area contributed by atoms with E-state index in [1.165, 1.54) is 0 Å². The summed E-state index contributed by atoms with van der Waals surface area (Å²) in [4.78, 5) is 21.8. The van der Waals surface area contributed by atoms with E-state index in [0.717, 1.165) is 16.9 Å². The summed E-state index contributed by atoms with van der Waals surface area (Å²) >= 11 is 0. The van der Waals surface area contributed by atoms with Gasteiger partial charge in [0.1, 0.15) is 17.5 Å². The van der Waals surface area contributed by atoms with E-state index in [2.05, 4.69) is 15.3 Å². The number of aromatic nitrogens is 2. The first-order valence-electron chi connectivity index (χ1n) is 10.7. The summed E-state index contributed by atoms with van der Waals surface area (Å²) in [5, 5.41) is 13.9. The van der Waals surface area contributed by atoms with Gasteiger partial charge in [-0.05, 0) is 41.8 Å². The van der Waals surface area contributed by atoms with Crippen molar-refractivity contribution in [1.29, 1.82) is 0 Å². The average molecular weight is 440 g/mol. The first-order valence-corrected chi connectivity index (χ1v) is 10.7. The van der Waals surface area contributed by atoms with Crippen LogP contribution in [0.25, 0.3) is 11.3 Å². The molecule has 0 saturated carbocycles. The fourth-order valence-electron chi connectivity index (χ4n) is 3.48. The molecule has 0 saturated heterocycles. The Bertz CT molecular complexity index is 1200. The molecule has 33 heavy (non-hydrogen) atoms. The monoisotopic (exact) mass is 439 g/mol. The number of rotatable bonds is 8. The Kier molecular flexibility index (Phi) is 7.07. The zero-order chi connectivity index (χ0) is 23.0. The van der Waals surface area contributed by atoms with E-state index in [-0.39, 0.29) is 11.7 Å². The lowest BCUT2D eigenvalue weighted by Gasteiger charge is -2.16. The van der Waals surface area contributed by atoms with Gasteiger partial charge < -0.3 is 15.2 Å². The summed E-state index contributed by atoms with van der Waals surface area (Å²) in [6, 6.07) is 26.4. The van der Waals surface area contributed by atoms with Gasteiger partial charge in [-0.15, -0.1) is 0 Å². The molecular formula is C27H25N3O3. The highest BCUT2D eigenvalue weighted by molar-refractivity contribution is 5.90. The van der Waals surface area contributed by atoms with E-state index in [1.807, 2.05) is 84.9 Å². The van der Waals surface area contributed by atoms with Crippen LogP contribution in [0.2, 0.25) is 0 Å². The number of anilines is 1. The van der Waals surface area contributed by atoms with Crippen LogP contribution in [-0.2, 0) is 11.2 Å². The van der Waals surface area contributed by atoms with Crippen LogP contribution in [0.3, 0.4) is 0 Å². The van der Waals surface area contributed by atoms with Crippen LogP contribution in [0.15, 0.2) is 91.1 Å². The number of nitrogens with one attached hydrogen (secondary N) is 1. The molecule has 0 fully saturated rings. The van der Waals surface area contributed by atoms with Crippen LogP contribution in [0, 0.1) is 0 Å². The molecule has 1 aromatic heterocycles. The second-order valence-corrected chi connectivity index (χ2v) is 7.56. The van der Waals surface area contributed by atoms with Crippen molar-refractivity contribution in [3.8, 4) is 17.0 Å². The molecule has 4 rings (SSSR count). The number of nitrogens with zero attached hydrogens (tertiary/aromatic N) is 2. The van der Waals surface area contributed by atoms with E-state index in [1.54, 1.807) is 13.3 Å². The highest BCUT2D eigenvalue weighted by atomic mass is 16.5. The Morgan fingerprint density at radius 3 is 2.30 bits per heavy atom. The summed E-state index contributed by atoms with van der Waals surface area (Å²) < 4.78 is 5.22. The van der Waals surface area contributed by atoms with E-state index in [0.29, 0.717) is 29.8 Å². The molecule has 6 nitrogen and oxygen atoms in total. The molecule has 4 aromatic rings. The molecule has 0 aliphatic heterocycles. The van der Waals surface area contributed by atoms with Crippen molar-refractivity contribution in [3.05, 3.63) is 108 Å². The number of methoxy groups -OCH3 is 1. The minimum absolute atomic E-state index is 0.188. The molecule has 1 heterocycles. The molecule has 0 aliphatic rings. The maximum absolute atomic E-state index is 12.6. The standard InChI is InChI=1S/C27H25N3O3/c1-33-22-15-13-20(14-16-22)23-18-28-27(25(29-23)26(32)21-10-6-3-7-11-21)30-24(31)17-12-19-8-4-2-5-9-19/h2-11,13-16,18,26,32H,12,17H2,1H3,(H,28,30,31). The molecule has 0 radical (unpaired) electrons. The number of hydrogen-bond acceptors (Lipinski definition) is 5. The predicted molar refractivity (Wildman–Crippen MR) is 128 cm³/mol. The van der Waals surface area contributed by atoms with E-state index in [9.17, 15) is 9.90 Å². The molecular weight excluding hydrogens is 414 g/mol. The average Bonchev–Trinajstić information content (AvgIpc) is 2.88. The van der Waals surface area contributed by atoms with Crippen molar-refractivity contribution >= 4 is 11.7 Å². The zero-order valence-corrected chi connectivity index (χ0v) is 18.3. The number of hydrogen-bond donors (Lipinski definition) is 2. The van der Waals surface area contributed by atoms with E-state index >= 15 is 0 Å². The number of aliphatic hydroxyl groups excluding tert-OH is 1. The maximum Gasteiger partial charge on any atom is 0.225 e. The van der Waals surface area contributed by atoms with Crippen molar-refractivity contribution in [2.45, 2.75) is 18.9 Å². The van der Waals surface area contributed by atoms with Gasteiger partial charge in [-0.1, -0.05) is 60.7 Å². The third-order valence-electron chi connectivity index (χ3n) is 5.30. The van der Waals surface area contributed by atoms with Gasteiger partial charge in [0.15, 0.2) is 5.82 Å². The number of aliphatic hydroxyl groups is 1. The SMILES string of the molecule is COc1ccc(-c2cnc(NC(=O)CCc3ccccc3)c(C(O)c3ccccc3)n2)cc1. The summed E-state index contributed by atoms with van der Waals surface area (Å²) in [6.07, 6.45) is 1.46. The van der Waals surface area contributed by atoms with Crippen LogP contribution in [-0.4, -0.2) is 28.1 Å². The molecule has 0 aliphatic carbocycles. The van der Waals surface area contributed by atoms with E-state index < -0.39 is 6.10 Å². The minimum atomic E-state index is -1.04. The Hall–Kier alpha value is -4.03. The third kappa shape index (κ3) is 5.61. The fraction of sp³-hybridized carbons (Fsp3) is 0.148. The summed E-state index contributed by atoms with van der Waals surface area (Å²) in [5.74, 6) is 0.798. The van der Waals surface area contributed by atoms with Crippen LogP contribution in [0.4, 0.5) is 5.82 Å². The molecule has 0 spiro atoms.